The fourth-order valence-corrected chi connectivity index (χ4v) is 3.99. The minimum Gasteiger partial charge on any atom is -0.427 e. The van der Waals surface area contributed by atoms with Crippen LogP contribution in [0.3, 0.4) is 0 Å². The van der Waals surface area contributed by atoms with Crippen molar-refractivity contribution in [3.05, 3.63) is 36.4 Å². The third-order valence-electron chi connectivity index (χ3n) is 5.10. The molecule has 1 aliphatic carbocycles. The quantitative estimate of drug-likeness (QED) is 0.343. The number of imide groups is 1. The number of nitrogens with zero attached hydrogens (tertiary/aromatic N) is 2. The van der Waals surface area contributed by atoms with Crippen LogP contribution >= 0.6 is 0 Å². The van der Waals surface area contributed by atoms with Gasteiger partial charge in [0.25, 0.3) is 0 Å². The number of anilines is 1. The summed E-state index contributed by atoms with van der Waals surface area (Å²) in [7, 11) is 1.66. The van der Waals surface area contributed by atoms with Crippen molar-refractivity contribution in [1.29, 1.82) is 0 Å². The van der Waals surface area contributed by atoms with Crippen LogP contribution in [0, 0.1) is 17.8 Å². The maximum absolute atomic E-state index is 12.9. The zero-order valence-corrected chi connectivity index (χ0v) is 13.7. The van der Waals surface area contributed by atoms with E-state index in [1.165, 1.54) is 19.1 Å². The molecule has 0 radical (unpaired) electrons. The Balaban J connectivity index is 1.67. The van der Waals surface area contributed by atoms with Crippen LogP contribution in [0.15, 0.2) is 36.4 Å². The number of esters is 1. The first kappa shape index (κ1) is 15.6. The molecule has 3 heterocycles. The molecule has 3 amide bonds. The molecule has 7 heteroatoms. The molecule has 0 aromatic heterocycles. The Hall–Kier alpha value is -2.96. The monoisotopic (exact) mass is 340 g/mol. The Morgan fingerprint density at radius 3 is 2.24 bits per heavy atom. The third-order valence-corrected chi connectivity index (χ3v) is 5.10. The second-order valence-corrected chi connectivity index (χ2v) is 6.50. The van der Waals surface area contributed by atoms with E-state index in [1.54, 1.807) is 30.2 Å². The van der Waals surface area contributed by atoms with Crippen molar-refractivity contribution in [2.24, 2.45) is 17.8 Å². The van der Waals surface area contributed by atoms with E-state index >= 15 is 0 Å². The van der Waals surface area contributed by atoms with Crippen molar-refractivity contribution < 1.29 is 23.9 Å². The van der Waals surface area contributed by atoms with Gasteiger partial charge in [0, 0.05) is 14.0 Å². The van der Waals surface area contributed by atoms with Gasteiger partial charge in [-0.05, 0) is 24.3 Å². The fourth-order valence-electron chi connectivity index (χ4n) is 3.99. The Kier molecular flexibility index (Phi) is 3.28. The van der Waals surface area contributed by atoms with Crippen molar-refractivity contribution in [3.8, 4) is 5.75 Å². The number of likely N-dealkylation sites (N-methyl/N-ethyl adjacent to an activating group) is 1. The van der Waals surface area contributed by atoms with Gasteiger partial charge < -0.3 is 9.64 Å². The topological polar surface area (TPSA) is 84.0 Å². The standard InChI is InChI=1S/C18H16N2O5/c1-9(21)25-11-5-3-10(4-6-11)20-17(23)14-12-7-8-13(15(14)18(20)24)19(2)16(12)22/h3-8,12-15H,1-2H3. The number of carbonyl (C=O) groups excluding carboxylic acids is 4. The smallest absolute Gasteiger partial charge is 0.308 e. The third kappa shape index (κ3) is 2.12. The number of rotatable bonds is 2. The molecule has 2 fully saturated rings. The molecule has 2 saturated heterocycles. The number of ether oxygens (including phenoxy) is 1. The largest absolute Gasteiger partial charge is 0.427 e. The van der Waals surface area contributed by atoms with Gasteiger partial charge in [-0.25, -0.2) is 4.90 Å². The lowest BCUT2D eigenvalue weighted by atomic mass is 9.70. The molecule has 7 nitrogen and oxygen atoms in total. The Morgan fingerprint density at radius 2 is 1.60 bits per heavy atom. The van der Waals surface area contributed by atoms with Gasteiger partial charge in [0.2, 0.25) is 17.7 Å². The predicted octanol–water partition coefficient (Wildman–Crippen LogP) is 0.744. The molecule has 4 atom stereocenters. The van der Waals surface area contributed by atoms with Gasteiger partial charge in [0.15, 0.2) is 0 Å². The molecular weight excluding hydrogens is 324 g/mol. The van der Waals surface area contributed by atoms with E-state index in [4.69, 9.17) is 4.74 Å². The molecule has 25 heavy (non-hydrogen) atoms. The highest BCUT2D eigenvalue weighted by Gasteiger charge is 2.61. The highest BCUT2D eigenvalue weighted by atomic mass is 16.5. The second kappa shape index (κ2) is 5.27. The van der Waals surface area contributed by atoms with Crippen LogP contribution in [0.2, 0.25) is 0 Å². The zero-order chi connectivity index (χ0) is 17.9. The van der Waals surface area contributed by atoms with E-state index in [2.05, 4.69) is 0 Å². The van der Waals surface area contributed by atoms with E-state index in [0.717, 1.165) is 4.90 Å². The summed E-state index contributed by atoms with van der Waals surface area (Å²) < 4.78 is 4.96. The Labute approximate surface area is 143 Å². The summed E-state index contributed by atoms with van der Waals surface area (Å²) >= 11 is 0. The minimum absolute atomic E-state index is 0.123. The normalized spacial score (nSPS) is 30.1. The number of amides is 3. The maximum atomic E-state index is 12.9. The van der Waals surface area contributed by atoms with Crippen LogP contribution in [0.5, 0.6) is 5.75 Å². The van der Waals surface area contributed by atoms with Crippen molar-refractivity contribution >= 4 is 29.4 Å². The highest BCUT2D eigenvalue weighted by molar-refractivity contribution is 6.24. The van der Waals surface area contributed by atoms with Crippen molar-refractivity contribution in [3.63, 3.8) is 0 Å². The number of piperidine rings is 1. The van der Waals surface area contributed by atoms with Crippen molar-refractivity contribution in [1.82, 2.24) is 4.90 Å². The maximum Gasteiger partial charge on any atom is 0.308 e. The first-order valence-corrected chi connectivity index (χ1v) is 8.01. The first-order valence-electron chi connectivity index (χ1n) is 8.01. The summed E-state index contributed by atoms with van der Waals surface area (Å²) in [6.45, 7) is 1.29. The van der Waals surface area contributed by atoms with Gasteiger partial charge in [-0.15, -0.1) is 0 Å². The fraction of sp³-hybridized carbons (Fsp3) is 0.333. The number of carbonyl (C=O) groups is 4. The lowest BCUT2D eigenvalue weighted by Crippen LogP contribution is -2.57. The lowest BCUT2D eigenvalue weighted by molar-refractivity contribution is -0.148. The summed E-state index contributed by atoms with van der Waals surface area (Å²) in [4.78, 5) is 51.8. The second-order valence-electron chi connectivity index (χ2n) is 6.50. The minimum atomic E-state index is -0.639. The molecule has 4 unspecified atom stereocenters. The van der Waals surface area contributed by atoms with Crippen molar-refractivity contribution in [2.45, 2.75) is 13.0 Å². The van der Waals surface area contributed by atoms with Crippen LogP contribution in [-0.2, 0) is 19.2 Å². The first-order chi connectivity index (χ1) is 11.9. The molecular formula is C18H16N2O5. The average Bonchev–Trinajstić information content (AvgIpc) is 2.85. The van der Waals surface area contributed by atoms with Crippen LogP contribution in [0.1, 0.15) is 6.92 Å². The van der Waals surface area contributed by atoms with Gasteiger partial charge in [-0.3, -0.25) is 19.2 Å². The van der Waals surface area contributed by atoms with E-state index in [0.29, 0.717) is 11.4 Å². The van der Waals surface area contributed by atoms with Gasteiger partial charge in [-0.2, -0.15) is 0 Å². The van der Waals surface area contributed by atoms with Crippen molar-refractivity contribution in [2.75, 3.05) is 11.9 Å². The average molecular weight is 340 g/mol. The van der Waals surface area contributed by atoms with Crippen LogP contribution in [0.4, 0.5) is 5.69 Å². The number of fused-ring (bicyclic) bond motifs is 1. The molecule has 4 aliphatic rings. The SMILES string of the molecule is CC(=O)Oc1ccc(N2C(=O)C3C4C=CC(C3C2=O)N(C)C4=O)cc1. The van der Waals surface area contributed by atoms with Gasteiger partial charge in [0.05, 0.1) is 29.5 Å². The van der Waals surface area contributed by atoms with E-state index in [-0.39, 0.29) is 23.8 Å². The molecule has 2 bridgehead atoms. The molecule has 1 aromatic carbocycles. The Bertz CT molecular complexity index is 828. The van der Waals surface area contributed by atoms with Gasteiger partial charge in [0.1, 0.15) is 5.75 Å². The zero-order valence-electron chi connectivity index (χ0n) is 13.7. The number of hydrogen-bond donors (Lipinski definition) is 0. The lowest BCUT2D eigenvalue weighted by Gasteiger charge is -2.44. The van der Waals surface area contributed by atoms with E-state index in [9.17, 15) is 19.2 Å². The summed E-state index contributed by atoms with van der Waals surface area (Å²) in [6.07, 6.45) is 3.58. The molecule has 0 spiro atoms. The summed E-state index contributed by atoms with van der Waals surface area (Å²) in [6, 6.07) is 5.80. The molecule has 0 saturated carbocycles. The summed E-state index contributed by atoms with van der Waals surface area (Å²) in [5.41, 5.74) is 0.412. The van der Waals surface area contributed by atoms with Crippen LogP contribution in [0.25, 0.3) is 0 Å². The summed E-state index contributed by atoms with van der Waals surface area (Å²) in [5, 5.41) is 0. The molecule has 128 valence electrons. The van der Waals surface area contributed by atoms with Gasteiger partial charge in [-0.1, -0.05) is 12.2 Å². The molecule has 0 N–H and O–H groups in total. The van der Waals surface area contributed by atoms with Crippen LogP contribution < -0.4 is 9.64 Å². The number of benzene rings is 1. The van der Waals surface area contributed by atoms with Gasteiger partial charge >= 0.3 is 5.97 Å². The molecule has 5 rings (SSSR count). The van der Waals surface area contributed by atoms with E-state index in [1.807, 2.05) is 6.08 Å². The highest BCUT2D eigenvalue weighted by Crippen LogP contribution is 2.46. The predicted molar refractivity (Wildman–Crippen MR) is 86.4 cm³/mol. The summed E-state index contributed by atoms with van der Waals surface area (Å²) in [5.74, 6) is -2.65. The molecule has 1 aromatic rings. The number of hydrogen-bond acceptors (Lipinski definition) is 5. The van der Waals surface area contributed by atoms with Crippen LogP contribution in [-0.4, -0.2) is 41.7 Å². The van der Waals surface area contributed by atoms with E-state index < -0.39 is 23.7 Å². The Morgan fingerprint density at radius 1 is 0.960 bits per heavy atom. The molecule has 3 aliphatic heterocycles.